The minimum Gasteiger partial charge on any atom is -0.469 e. The third-order valence-corrected chi connectivity index (χ3v) is 2.71. The van der Waals surface area contributed by atoms with Gasteiger partial charge in [-0.25, -0.2) is 0 Å². The summed E-state index contributed by atoms with van der Waals surface area (Å²) in [4.78, 5) is 0. The van der Waals surface area contributed by atoms with E-state index in [-0.39, 0.29) is 0 Å². The lowest BCUT2D eigenvalue weighted by Crippen LogP contribution is -2.15. The number of benzene rings is 1. The van der Waals surface area contributed by atoms with E-state index in [1.165, 1.54) is 0 Å². The van der Waals surface area contributed by atoms with Crippen LogP contribution >= 0.6 is 0 Å². The molecule has 0 saturated carbocycles. The number of hydrogen-bond acceptors (Lipinski definition) is 5. The molecule has 3 rings (SSSR count). The molecule has 0 aliphatic carbocycles. The average molecular weight is 251 g/mol. The molecule has 1 aliphatic rings. The maximum absolute atomic E-state index is 5.26. The Morgan fingerprint density at radius 3 is 2.79 bits per heavy atom. The molecule has 1 N–H and O–H groups in total. The van der Waals surface area contributed by atoms with Crippen molar-refractivity contribution in [3.8, 4) is 0 Å². The molecule has 19 heavy (non-hydrogen) atoms. The molecule has 0 fully saturated rings. The van der Waals surface area contributed by atoms with E-state index in [9.17, 15) is 0 Å². The molecule has 0 unspecified atom stereocenters. The molecule has 1 aromatic carbocycles. The molecule has 0 saturated heterocycles. The van der Waals surface area contributed by atoms with Crippen LogP contribution < -0.4 is 5.43 Å². The third kappa shape index (κ3) is 2.30. The maximum Gasteiger partial charge on any atom is 0.145 e. The number of nitrogens with one attached hydrogen (secondary N) is 1. The van der Waals surface area contributed by atoms with E-state index in [1.807, 2.05) is 43.3 Å². The molecule has 5 nitrogen and oxygen atoms in total. The molecular formula is C14H11N4O. The molecule has 0 amide bonds. The second-order valence-electron chi connectivity index (χ2n) is 3.99. The van der Waals surface area contributed by atoms with Gasteiger partial charge in [0.15, 0.2) is 0 Å². The third-order valence-electron chi connectivity index (χ3n) is 2.71. The molecule has 2 heterocycles. The van der Waals surface area contributed by atoms with E-state index < -0.39 is 0 Å². The van der Waals surface area contributed by atoms with Gasteiger partial charge in [-0.1, -0.05) is 18.2 Å². The standard InChI is InChI=1S/C14H11N4O/c1-10-12(7-8-19-10)14-13(9-15-18-14)17-16-11-5-3-2-4-6-11/h2-8,16H,1H3. The summed E-state index contributed by atoms with van der Waals surface area (Å²) in [6.07, 6.45) is 4.38. The molecule has 0 atom stereocenters. The first kappa shape index (κ1) is 11.4. The highest BCUT2D eigenvalue weighted by molar-refractivity contribution is 6.67. The van der Waals surface area contributed by atoms with Gasteiger partial charge < -0.3 is 4.42 Å². The number of hydrogen-bond donors (Lipinski definition) is 1. The molecule has 2 aromatic rings. The normalized spacial score (nSPS) is 15.8. The van der Waals surface area contributed by atoms with Crippen LogP contribution in [0.5, 0.6) is 0 Å². The van der Waals surface area contributed by atoms with Crippen LogP contribution in [0.15, 0.2) is 62.4 Å². The number of anilines is 1. The van der Waals surface area contributed by atoms with Gasteiger partial charge in [0.2, 0.25) is 0 Å². The van der Waals surface area contributed by atoms with E-state index in [0.29, 0.717) is 11.4 Å². The van der Waals surface area contributed by atoms with Crippen LogP contribution in [0.1, 0.15) is 11.3 Å². The lowest BCUT2D eigenvalue weighted by molar-refractivity contribution is 0.533. The predicted octanol–water partition coefficient (Wildman–Crippen LogP) is 2.72. The molecule has 0 spiro atoms. The number of aryl methyl sites for hydroxylation is 1. The number of nitrogens with zero attached hydrogens (tertiary/aromatic N) is 3. The van der Waals surface area contributed by atoms with E-state index in [1.54, 1.807) is 6.26 Å². The largest absolute Gasteiger partial charge is 0.469 e. The number of hydrazone groups is 1. The van der Waals surface area contributed by atoms with Crippen LogP contribution in [0.25, 0.3) is 0 Å². The van der Waals surface area contributed by atoms with Crippen LogP contribution in [0.3, 0.4) is 0 Å². The van der Waals surface area contributed by atoms with Crippen LogP contribution in [0.2, 0.25) is 0 Å². The van der Waals surface area contributed by atoms with Crippen molar-refractivity contribution >= 4 is 23.3 Å². The van der Waals surface area contributed by atoms with Gasteiger partial charge in [-0.15, -0.1) is 10.2 Å². The smallest absolute Gasteiger partial charge is 0.145 e. The quantitative estimate of drug-likeness (QED) is 0.852. The summed E-state index contributed by atoms with van der Waals surface area (Å²) in [6.45, 7) is 1.87. The number of furan rings is 1. The molecule has 0 bridgehead atoms. The summed E-state index contributed by atoms with van der Waals surface area (Å²) in [6, 6.07) is 11.5. The van der Waals surface area contributed by atoms with E-state index in [2.05, 4.69) is 26.9 Å². The highest BCUT2D eigenvalue weighted by atomic mass is 16.3. The second kappa shape index (κ2) is 4.89. The van der Waals surface area contributed by atoms with Crippen LogP contribution in [-0.2, 0) is 0 Å². The highest BCUT2D eigenvalue weighted by Crippen LogP contribution is 2.14. The van der Waals surface area contributed by atoms with Gasteiger partial charge in [0.1, 0.15) is 23.4 Å². The van der Waals surface area contributed by atoms with Crippen molar-refractivity contribution in [3.05, 3.63) is 54.0 Å². The lowest BCUT2D eigenvalue weighted by Gasteiger charge is -2.01. The number of para-hydroxylation sites is 1. The molecule has 5 heteroatoms. The number of rotatable bonds is 3. The first-order chi connectivity index (χ1) is 9.34. The molecule has 1 aliphatic heterocycles. The Labute approximate surface area is 110 Å². The maximum atomic E-state index is 5.26. The first-order valence-corrected chi connectivity index (χ1v) is 5.82. The molecule has 1 radical (unpaired) electrons. The van der Waals surface area contributed by atoms with Crippen molar-refractivity contribution in [2.75, 3.05) is 5.43 Å². The topological polar surface area (TPSA) is 62.2 Å². The summed E-state index contributed by atoms with van der Waals surface area (Å²) in [7, 11) is 0. The average Bonchev–Trinajstić information content (AvgIpc) is 3.05. The molecule has 1 aromatic heterocycles. The predicted molar refractivity (Wildman–Crippen MR) is 74.9 cm³/mol. The Hall–Kier alpha value is -2.69. The van der Waals surface area contributed by atoms with Crippen LogP contribution in [0, 0.1) is 6.92 Å². The van der Waals surface area contributed by atoms with Crippen molar-refractivity contribution < 1.29 is 4.42 Å². The molecule has 93 valence electrons. The summed E-state index contributed by atoms with van der Waals surface area (Å²) in [5.74, 6) is 0.782. The van der Waals surface area contributed by atoms with Gasteiger partial charge in [0, 0.05) is 5.56 Å². The Balaban J connectivity index is 1.83. The SMILES string of the molecule is Cc1occc1C1=NN=[C]C1=NNc1ccccc1. The van der Waals surface area contributed by atoms with Crippen molar-refractivity contribution in [2.24, 2.45) is 15.3 Å². The summed E-state index contributed by atoms with van der Waals surface area (Å²) >= 11 is 0. The van der Waals surface area contributed by atoms with Gasteiger partial charge in [0.05, 0.1) is 12.0 Å². The monoisotopic (exact) mass is 251 g/mol. The van der Waals surface area contributed by atoms with Crippen LogP contribution in [-0.4, -0.2) is 17.6 Å². The summed E-state index contributed by atoms with van der Waals surface area (Å²) in [5.41, 5.74) is 5.95. The fraction of sp³-hybridized carbons (Fsp3) is 0.0714. The van der Waals surface area contributed by atoms with E-state index >= 15 is 0 Å². The Kier molecular flexibility index (Phi) is 2.94. The lowest BCUT2D eigenvalue weighted by atomic mass is 10.1. The summed E-state index contributed by atoms with van der Waals surface area (Å²) in [5, 5.41) is 12.1. The Bertz CT molecular complexity index is 668. The van der Waals surface area contributed by atoms with Gasteiger partial charge in [0.25, 0.3) is 0 Å². The fourth-order valence-corrected chi connectivity index (χ4v) is 1.75. The zero-order chi connectivity index (χ0) is 13.1. The summed E-state index contributed by atoms with van der Waals surface area (Å²) < 4.78 is 5.26. The van der Waals surface area contributed by atoms with Gasteiger partial charge >= 0.3 is 0 Å². The van der Waals surface area contributed by atoms with Crippen molar-refractivity contribution in [1.82, 2.24) is 0 Å². The van der Waals surface area contributed by atoms with Crippen molar-refractivity contribution in [2.45, 2.75) is 6.92 Å². The minimum absolute atomic E-state index is 0.563. The molecular weight excluding hydrogens is 240 g/mol. The van der Waals surface area contributed by atoms with Gasteiger partial charge in [-0.3, -0.25) is 5.43 Å². The van der Waals surface area contributed by atoms with Gasteiger partial charge in [-0.2, -0.15) is 5.10 Å². The zero-order valence-corrected chi connectivity index (χ0v) is 10.3. The Morgan fingerprint density at radius 2 is 2.05 bits per heavy atom. The first-order valence-electron chi connectivity index (χ1n) is 5.82. The van der Waals surface area contributed by atoms with E-state index in [0.717, 1.165) is 17.0 Å². The Morgan fingerprint density at radius 1 is 1.21 bits per heavy atom. The van der Waals surface area contributed by atoms with E-state index in [4.69, 9.17) is 4.42 Å². The minimum atomic E-state index is 0.563. The van der Waals surface area contributed by atoms with Crippen molar-refractivity contribution in [1.29, 1.82) is 0 Å². The second-order valence-corrected chi connectivity index (χ2v) is 3.99. The van der Waals surface area contributed by atoms with Crippen LogP contribution in [0.4, 0.5) is 5.69 Å². The van der Waals surface area contributed by atoms with Gasteiger partial charge in [-0.05, 0) is 25.1 Å². The fourth-order valence-electron chi connectivity index (χ4n) is 1.75. The highest BCUT2D eigenvalue weighted by Gasteiger charge is 2.19. The zero-order valence-electron chi connectivity index (χ0n) is 10.3. The van der Waals surface area contributed by atoms with Crippen molar-refractivity contribution in [3.63, 3.8) is 0 Å².